The van der Waals surface area contributed by atoms with Crippen LogP contribution in [0.4, 0.5) is 16.2 Å². The highest BCUT2D eigenvalue weighted by atomic mass is 32.5. The van der Waals surface area contributed by atoms with E-state index in [9.17, 15) is 25.0 Å². The fourth-order valence-electron chi connectivity index (χ4n) is 4.81. The fraction of sp³-hybridized carbons (Fsp3) is 0.500. The van der Waals surface area contributed by atoms with Crippen molar-refractivity contribution in [2.75, 3.05) is 24.7 Å². The second-order valence-electron chi connectivity index (χ2n) is 9.43. The Kier molecular flexibility index (Phi) is 7.42. The summed E-state index contributed by atoms with van der Waals surface area (Å²) in [5.41, 5.74) is 11.0. The van der Waals surface area contributed by atoms with Crippen LogP contribution < -0.4 is 17.0 Å². The second-order valence-corrected chi connectivity index (χ2v) is 12.2. The third-order valence-corrected chi connectivity index (χ3v) is 8.39. The van der Waals surface area contributed by atoms with Gasteiger partial charge in [-0.1, -0.05) is 0 Å². The van der Waals surface area contributed by atoms with Crippen molar-refractivity contribution in [1.29, 1.82) is 0 Å². The van der Waals surface area contributed by atoms with Crippen molar-refractivity contribution < 1.29 is 43.1 Å². The molecule has 0 amide bonds. The minimum absolute atomic E-state index is 0.0330. The number of aromatic nitrogens is 8. The lowest BCUT2D eigenvalue weighted by Crippen LogP contribution is -2.35. The van der Waals surface area contributed by atoms with Crippen LogP contribution in [-0.2, 0) is 30.3 Å². The quantitative estimate of drug-likeness (QED) is 0.0998. The SMILES string of the molecule is Nc1nc2c(ncn2[C@@H]2O[C@H](CO)C(O)C2OP(O)(=S)OC[C@H]2O[C@@H](n3cnc4c(N)ncnc43)C(F)C2O)c(=O)[nH]1. The number of aromatic amines is 1. The molecular weight excluding hydrogens is 606 g/mol. The van der Waals surface area contributed by atoms with Gasteiger partial charge in [0.15, 0.2) is 41.3 Å². The Morgan fingerprint density at radius 2 is 1.74 bits per heavy atom. The lowest BCUT2D eigenvalue weighted by Gasteiger charge is -2.27. The van der Waals surface area contributed by atoms with Gasteiger partial charge in [0, 0.05) is 0 Å². The number of nitrogen functional groups attached to an aromatic ring is 2. The van der Waals surface area contributed by atoms with Crippen molar-refractivity contribution in [3.63, 3.8) is 0 Å². The number of hydrogen-bond acceptors (Lipinski definition) is 16. The van der Waals surface area contributed by atoms with Crippen molar-refractivity contribution in [2.24, 2.45) is 0 Å². The first kappa shape index (κ1) is 28.9. The fourth-order valence-corrected chi connectivity index (χ4v) is 6.22. The summed E-state index contributed by atoms with van der Waals surface area (Å²) in [6.07, 6.45) is -8.27. The van der Waals surface area contributed by atoms with Gasteiger partial charge >= 0.3 is 6.72 Å². The van der Waals surface area contributed by atoms with Crippen LogP contribution >= 0.6 is 6.72 Å². The Bertz CT molecular complexity index is 1740. The van der Waals surface area contributed by atoms with E-state index < -0.39 is 74.6 Å². The predicted octanol–water partition coefficient (Wildman–Crippen LogP) is -2.41. The minimum atomic E-state index is -4.26. The molecule has 0 aliphatic carbocycles. The zero-order valence-corrected chi connectivity index (χ0v) is 22.8. The second kappa shape index (κ2) is 10.8. The number of halogens is 1. The smallest absolute Gasteiger partial charge is 0.325 e. The van der Waals surface area contributed by atoms with E-state index in [0.29, 0.717) is 0 Å². The number of aliphatic hydroxyl groups excluding tert-OH is 3. The van der Waals surface area contributed by atoms with E-state index >= 15 is 4.39 Å². The number of anilines is 2. The van der Waals surface area contributed by atoms with E-state index in [4.69, 9.17) is 41.8 Å². The van der Waals surface area contributed by atoms with E-state index in [2.05, 4.69) is 29.9 Å². The molecule has 4 aromatic heterocycles. The number of alkyl halides is 1. The highest BCUT2D eigenvalue weighted by Crippen LogP contribution is 2.50. The number of aliphatic hydroxyl groups is 3. The van der Waals surface area contributed by atoms with Crippen LogP contribution in [0.15, 0.2) is 23.8 Å². The van der Waals surface area contributed by atoms with Gasteiger partial charge in [0.25, 0.3) is 5.56 Å². The largest absolute Gasteiger partial charge is 0.394 e. The van der Waals surface area contributed by atoms with Gasteiger partial charge in [0.1, 0.15) is 42.4 Å². The molecule has 0 radical (unpaired) electrons. The first-order valence-corrected chi connectivity index (χ1v) is 14.8. The average Bonchev–Trinajstić information content (AvgIpc) is 3.69. The molecule has 0 aromatic carbocycles. The van der Waals surface area contributed by atoms with Crippen LogP contribution in [-0.4, -0.2) is 109 Å². The molecule has 6 rings (SSSR count). The van der Waals surface area contributed by atoms with Gasteiger partial charge in [0.2, 0.25) is 5.95 Å². The summed E-state index contributed by atoms with van der Waals surface area (Å²) in [6.45, 7) is -5.52. The van der Waals surface area contributed by atoms with Crippen LogP contribution in [0.3, 0.4) is 0 Å². The molecule has 19 nitrogen and oxygen atoms in total. The van der Waals surface area contributed by atoms with Crippen LogP contribution in [0.25, 0.3) is 22.3 Å². The van der Waals surface area contributed by atoms with Crippen LogP contribution in [0, 0.1) is 0 Å². The lowest BCUT2D eigenvalue weighted by molar-refractivity contribution is -0.0554. The van der Waals surface area contributed by atoms with Crippen molar-refractivity contribution in [1.82, 2.24) is 39.0 Å². The number of hydrogen-bond donors (Lipinski definition) is 7. The Labute approximate surface area is 238 Å². The van der Waals surface area contributed by atoms with Gasteiger partial charge < -0.3 is 45.7 Å². The number of imidazole rings is 2. The molecule has 2 aliphatic heterocycles. The van der Waals surface area contributed by atoms with Gasteiger partial charge in [-0.05, 0) is 11.8 Å². The summed E-state index contributed by atoms with van der Waals surface area (Å²) >= 11 is 5.12. The molecule has 4 aromatic rings. The maximum atomic E-state index is 15.1. The zero-order chi connectivity index (χ0) is 29.9. The summed E-state index contributed by atoms with van der Waals surface area (Å²) in [4.78, 5) is 45.3. The number of fused-ring (bicyclic) bond motifs is 2. The van der Waals surface area contributed by atoms with E-state index in [-0.39, 0.29) is 34.1 Å². The summed E-state index contributed by atoms with van der Waals surface area (Å²) < 4.78 is 39.9. The first-order chi connectivity index (χ1) is 20.0. The molecule has 0 saturated carbocycles. The average molecular weight is 631 g/mol. The standard InChI is InChI=1S/C20H24FN10O9PS/c21-8-11(33)7(39-18(8)30-4-26-9-14(22)24-3-25-15(9)30)2-37-41(36,42)40-13-12(34)6(1-32)38-19(13)31-5-27-10-16(31)28-20(23)29-17(10)35/h3-8,11-13,18-19,32-34H,1-2H2,(H,36,42)(H2,22,24,25)(H3,23,28,29,35)/t6-,7-,8?,11?,12?,13?,18-,19-,41?/m1/s1. The molecule has 0 bridgehead atoms. The molecule has 9 N–H and O–H groups in total. The first-order valence-electron chi connectivity index (χ1n) is 12.2. The summed E-state index contributed by atoms with van der Waals surface area (Å²) in [5.74, 6) is -0.154. The number of nitrogens with two attached hydrogens (primary N) is 2. The van der Waals surface area contributed by atoms with Gasteiger partial charge in [-0.2, -0.15) is 4.98 Å². The van der Waals surface area contributed by atoms with Crippen molar-refractivity contribution in [3.05, 3.63) is 29.3 Å². The van der Waals surface area contributed by atoms with Crippen molar-refractivity contribution in [3.8, 4) is 0 Å². The predicted molar refractivity (Wildman–Crippen MR) is 141 cm³/mol. The van der Waals surface area contributed by atoms with Gasteiger partial charge in [-0.25, -0.2) is 24.3 Å². The molecule has 6 heterocycles. The Morgan fingerprint density at radius 1 is 1.05 bits per heavy atom. The molecule has 2 saturated heterocycles. The third-order valence-electron chi connectivity index (χ3n) is 6.83. The number of rotatable bonds is 8. The van der Waals surface area contributed by atoms with Gasteiger partial charge in [-0.15, -0.1) is 0 Å². The topological polar surface area (TPSA) is 277 Å². The maximum Gasteiger partial charge on any atom is 0.325 e. The third kappa shape index (κ3) is 4.92. The maximum absolute atomic E-state index is 15.1. The Hall–Kier alpha value is -3.24. The summed E-state index contributed by atoms with van der Waals surface area (Å²) in [6, 6.07) is 0. The normalized spacial score (nSPS) is 31.3. The number of ether oxygens (including phenoxy) is 2. The minimum Gasteiger partial charge on any atom is -0.394 e. The van der Waals surface area contributed by atoms with Crippen molar-refractivity contribution >= 4 is 52.6 Å². The van der Waals surface area contributed by atoms with Crippen molar-refractivity contribution in [2.45, 2.75) is 49.1 Å². The Balaban J connectivity index is 1.19. The lowest BCUT2D eigenvalue weighted by atomic mass is 10.1. The number of nitrogens with zero attached hydrogens (tertiary/aromatic N) is 7. The van der Waals surface area contributed by atoms with E-state index in [1.807, 2.05) is 0 Å². The molecule has 9 atom stereocenters. The summed E-state index contributed by atoms with van der Waals surface area (Å²) in [7, 11) is 0. The molecule has 2 aliphatic rings. The van der Waals surface area contributed by atoms with Crippen LogP contribution in [0.2, 0.25) is 0 Å². The number of H-pyrrole nitrogens is 1. The van der Waals surface area contributed by atoms with Gasteiger partial charge in [0.05, 0.1) is 25.9 Å². The Morgan fingerprint density at radius 3 is 2.48 bits per heavy atom. The van der Waals surface area contributed by atoms with E-state index in [1.165, 1.54) is 28.1 Å². The molecule has 5 unspecified atom stereocenters. The van der Waals surface area contributed by atoms with Crippen LogP contribution in [0.5, 0.6) is 0 Å². The highest BCUT2D eigenvalue weighted by molar-refractivity contribution is 8.07. The molecular formula is C20H24FN10O9PS. The molecule has 2 fully saturated rings. The zero-order valence-electron chi connectivity index (χ0n) is 21.1. The monoisotopic (exact) mass is 630 g/mol. The molecule has 22 heteroatoms. The number of nitrogens with one attached hydrogen (secondary N) is 1. The van der Waals surface area contributed by atoms with E-state index in [1.54, 1.807) is 0 Å². The highest BCUT2D eigenvalue weighted by Gasteiger charge is 2.50. The van der Waals surface area contributed by atoms with Crippen LogP contribution in [0.1, 0.15) is 12.5 Å². The summed E-state index contributed by atoms with van der Waals surface area (Å²) in [5, 5.41) is 31.0. The molecule has 0 spiro atoms. The van der Waals surface area contributed by atoms with Gasteiger partial charge in [-0.3, -0.25) is 23.4 Å². The van der Waals surface area contributed by atoms with E-state index in [0.717, 1.165) is 0 Å². The molecule has 42 heavy (non-hydrogen) atoms. The molecule has 226 valence electrons.